The summed E-state index contributed by atoms with van der Waals surface area (Å²) < 4.78 is 5.07. The molecule has 0 unspecified atom stereocenters. The van der Waals surface area contributed by atoms with Crippen LogP contribution >= 0.6 is 0 Å². The Kier molecular flexibility index (Phi) is 5.83. The zero-order valence-electron chi connectivity index (χ0n) is 11.1. The second-order valence-corrected chi connectivity index (χ2v) is 4.37. The Balaban J connectivity index is 2.53. The summed E-state index contributed by atoms with van der Waals surface area (Å²) >= 11 is 0. The van der Waals surface area contributed by atoms with Gasteiger partial charge in [-0.05, 0) is 19.8 Å². The summed E-state index contributed by atoms with van der Waals surface area (Å²) in [5, 5.41) is 3.26. The van der Waals surface area contributed by atoms with Gasteiger partial charge < -0.3 is 20.7 Å². The van der Waals surface area contributed by atoms with E-state index in [1.54, 1.807) is 14.2 Å². The third kappa shape index (κ3) is 4.65. The minimum atomic E-state index is 0.223. The summed E-state index contributed by atoms with van der Waals surface area (Å²) in [7, 11) is 3.45. The molecule has 17 heavy (non-hydrogen) atoms. The third-order valence-electron chi connectivity index (χ3n) is 2.81. The van der Waals surface area contributed by atoms with Crippen LogP contribution in [0.1, 0.15) is 19.8 Å². The van der Waals surface area contributed by atoms with Crippen LogP contribution in [0.2, 0.25) is 0 Å². The van der Waals surface area contributed by atoms with Crippen molar-refractivity contribution >= 4 is 5.84 Å². The maximum atomic E-state index is 6.04. The molecule has 1 fully saturated rings. The van der Waals surface area contributed by atoms with E-state index in [-0.39, 0.29) is 6.04 Å². The van der Waals surface area contributed by atoms with Crippen molar-refractivity contribution in [3.8, 4) is 0 Å². The summed E-state index contributed by atoms with van der Waals surface area (Å²) in [4.78, 5) is 6.38. The first-order valence-corrected chi connectivity index (χ1v) is 6.11. The minimum Gasteiger partial charge on any atom is -0.385 e. The number of amidine groups is 1. The molecule has 0 bridgehead atoms. The van der Waals surface area contributed by atoms with Crippen molar-refractivity contribution in [2.45, 2.75) is 25.8 Å². The van der Waals surface area contributed by atoms with Crippen LogP contribution in [0.25, 0.3) is 0 Å². The standard InChI is InChI=1S/C12H24N4O/c1-10(9-17-3)15-12(14-2)8-11(13)16-6-4-5-7-16/h8,10H,4-7,9,13H2,1-3H3,(H,14,15)/b11-8+/t10-/m1/s1. The average molecular weight is 240 g/mol. The van der Waals surface area contributed by atoms with Crippen LogP contribution in [-0.2, 0) is 4.74 Å². The molecule has 0 aromatic heterocycles. The van der Waals surface area contributed by atoms with Gasteiger partial charge >= 0.3 is 0 Å². The average Bonchev–Trinajstić information content (AvgIpc) is 2.81. The maximum Gasteiger partial charge on any atom is 0.124 e. The summed E-state index contributed by atoms with van der Waals surface area (Å²) in [6, 6.07) is 0.223. The number of hydrogen-bond acceptors (Lipinski definition) is 4. The number of rotatable bonds is 5. The van der Waals surface area contributed by atoms with Crippen molar-refractivity contribution in [3.05, 3.63) is 11.9 Å². The number of nitrogens with two attached hydrogens (primary N) is 1. The zero-order valence-corrected chi connectivity index (χ0v) is 11.1. The summed E-state index contributed by atoms with van der Waals surface area (Å²) in [5.41, 5.74) is 6.04. The van der Waals surface area contributed by atoms with E-state index >= 15 is 0 Å². The van der Waals surface area contributed by atoms with Crippen LogP contribution in [0.3, 0.4) is 0 Å². The highest BCUT2D eigenvalue weighted by Gasteiger charge is 2.13. The molecule has 98 valence electrons. The molecule has 1 saturated heterocycles. The van der Waals surface area contributed by atoms with Crippen molar-refractivity contribution in [2.75, 3.05) is 33.9 Å². The molecule has 1 rings (SSSR count). The molecule has 1 atom stereocenters. The Hall–Kier alpha value is -1.23. The fraction of sp³-hybridized carbons (Fsp3) is 0.750. The molecule has 0 aliphatic carbocycles. The van der Waals surface area contributed by atoms with E-state index in [0.717, 1.165) is 24.7 Å². The minimum absolute atomic E-state index is 0.223. The first-order valence-electron chi connectivity index (χ1n) is 6.11. The molecule has 0 saturated carbocycles. The quantitative estimate of drug-likeness (QED) is 0.544. The molecule has 5 nitrogen and oxygen atoms in total. The lowest BCUT2D eigenvalue weighted by molar-refractivity contribution is 0.179. The first kappa shape index (κ1) is 13.8. The lowest BCUT2D eigenvalue weighted by Gasteiger charge is -2.19. The molecule has 3 N–H and O–H groups in total. The van der Waals surface area contributed by atoms with E-state index < -0.39 is 0 Å². The van der Waals surface area contributed by atoms with Crippen LogP contribution in [0.4, 0.5) is 0 Å². The van der Waals surface area contributed by atoms with Gasteiger partial charge in [-0.1, -0.05) is 0 Å². The van der Waals surface area contributed by atoms with Crippen LogP contribution in [0.15, 0.2) is 16.9 Å². The second-order valence-electron chi connectivity index (χ2n) is 4.37. The number of ether oxygens (including phenoxy) is 1. The van der Waals surface area contributed by atoms with Gasteiger partial charge in [0, 0.05) is 39.4 Å². The van der Waals surface area contributed by atoms with Crippen molar-refractivity contribution in [1.82, 2.24) is 10.2 Å². The maximum absolute atomic E-state index is 6.04. The summed E-state index contributed by atoms with van der Waals surface area (Å²) in [5.74, 6) is 1.60. The predicted octanol–water partition coefficient (Wildman–Crippen LogP) is 0.535. The van der Waals surface area contributed by atoms with E-state index in [9.17, 15) is 0 Å². The number of hydrogen-bond donors (Lipinski definition) is 2. The van der Waals surface area contributed by atoms with Crippen LogP contribution < -0.4 is 11.1 Å². The number of nitrogens with zero attached hydrogens (tertiary/aromatic N) is 2. The van der Waals surface area contributed by atoms with E-state index in [1.807, 2.05) is 6.08 Å². The Morgan fingerprint density at radius 3 is 2.71 bits per heavy atom. The molecular weight excluding hydrogens is 216 g/mol. The molecule has 0 amide bonds. The van der Waals surface area contributed by atoms with E-state index in [4.69, 9.17) is 10.5 Å². The van der Waals surface area contributed by atoms with Gasteiger partial charge in [0.1, 0.15) is 11.7 Å². The Morgan fingerprint density at radius 1 is 1.53 bits per heavy atom. The van der Waals surface area contributed by atoms with Crippen molar-refractivity contribution in [2.24, 2.45) is 10.7 Å². The van der Waals surface area contributed by atoms with E-state index in [2.05, 4.69) is 22.1 Å². The Labute approximate surface area is 104 Å². The van der Waals surface area contributed by atoms with Gasteiger partial charge in [0.2, 0.25) is 0 Å². The normalized spacial score (nSPS) is 19.6. The smallest absolute Gasteiger partial charge is 0.124 e. The van der Waals surface area contributed by atoms with E-state index in [0.29, 0.717) is 6.61 Å². The lowest BCUT2D eigenvalue weighted by atomic mass is 10.3. The Morgan fingerprint density at radius 2 is 2.18 bits per heavy atom. The lowest BCUT2D eigenvalue weighted by Crippen LogP contribution is -2.36. The van der Waals surface area contributed by atoms with Gasteiger partial charge in [-0.25, -0.2) is 0 Å². The number of aliphatic imine (C=N–C) groups is 1. The van der Waals surface area contributed by atoms with Gasteiger partial charge in [0.15, 0.2) is 0 Å². The highest BCUT2D eigenvalue weighted by Crippen LogP contribution is 2.10. The molecule has 0 radical (unpaired) electrons. The molecule has 0 aromatic rings. The second kappa shape index (κ2) is 7.17. The van der Waals surface area contributed by atoms with Gasteiger partial charge in [-0.15, -0.1) is 0 Å². The molecular formula is C12H24N4O. The fourth-order valence-electron chi connectivity index (χ4n) is 1.92. The SMILES string of the molecule is C/N=C(\C=C(/N)N1CCCC1)N[C@H](C)COC. The highest BCUT2D eigenvalue weighted by atomic mass is 16.5. The molecule has 0 aromatic carbocycles. The molecule has 1 heterocycles. The third-order valence-corrected chi connectivity index (χ3v) is 2.81. The number of likely N-dealkylation sites (tertiary alicyclic amines) is 1. The van der Waals surface area contributed by atoms with Gasteiger partial charge in [0.25, 0.3) is 0 Å². The summed E-state index contributed by atoms with van der Waals surface area (Å²) in [6.45, 7) is 4.80. The molecule has 1 aliphatic heterocycles. The van der Waals surface area contributed by atoms with Gasteiger partial charge in [-0.2, -0.15) is 0 Å². The van der Waals surface area contributed by atoms with Crippen molar-refractivity contribution in [1.29, 1.82) is 0 Å². The van der Waals surface area contributed by atoms with Crippen molar-refractivity contribution in [3.63, 3.8) is 0 Å². The molecule has 0 spiro atoms. The largest absolute Gasteiger partial charge is 0.385 e. The zero-order chi connectivity index (χ0) is 12.7. The van der Waals surface area contributed by atoms with Crippen molar-refractivity contribution < 1.29 is 4.74 Å². The number of methoxy groups -OCH3 is 1. The summed E-state index contributed by atoms with van der Waals surface area (Å²) in [6.07, 6.45) is 4.35. The van der Waals surface area contributed by atoms with Crippen LogP contribution in [-0.4, -0.2) is 50.6 Å². The van der Waals surface area contributed by atoms with E-state index in [1.165, 1.54) is 12.8 Å². The Bertz CT molecular complexity index is 282. The first-order chi connectivity index (χ1) is 8.17. The highest BCUT2D eigenvalue weighted by molar-refractivity contribution is 5.93. The van der Waals surface area contributed by atoms with Gasteiger partial charge in [0.05, 0.1) is 6.61 Å². The van der Waals surface area contributed by atoms with Gasteiger partial charge in [-0.3, -0.25) is 4.99 Å². The fourth-order valence-corrected chi connectivity index (χ4v) is 1.92. The monoisotopic (exact) mass is 240 g/mol. The number of nitrogens with one attached hydrogen (secondary N) is 1. The molecule has 1 aliphatic rings. The van der Waals surface area contributed by atoms with Crippen LogP contribution in [0, 0.1) is 0 Å². The van der Waals surface area contributed by atoms with Crippen LogP contribution in [0.5, 0.6) is 0 Å². The molecule has 5 heteroatoms. The predicted molar refractivity (Wildman–Crippen MR) is 70.9 cm³/mol. The topological polar surface area (TPSA) is 62.9 Å².